The minimum Gasteiger partial charge on any atom is -0.356 e. The highest BCUT2D eigenvalue weighted by Crippen LogP contribution is 2.29. The van der Waals surface area contributed by atoms with Gasteiger partial charge in [-0.3, -0.25) is 4.79 Å². The lowest BCUT2D eigenvalue weighted by Gasteiger charge is -2.10. The van der Waals surface area contributed by atoms with Gasteiger partial charge in [-0.2, -0.15) is 0 Å². The normalized spacial score (nSPS) is 25.5. The standard InChI is InChI=1S/C12H22BrNO/c1-10-5-6-11(8-10)9-14-12(15)4-2-3-7-13/h10-11H,2-9H2,1H3,(H,14,15). The lowest BCUT2D eigenvalue weighted by molar-refractivity contribution is -0.121. The highest BCUT2D eigenvalue weighted by Gasteiger charge is 2.21. The number of alkyl halides is 1. The molecule has 0 heterocycles. The molecule has 0 aromatic rings. The molecule has 3 heteroatoms. The fourth-order valence-electron chi connectivity index (χ4n) is 2.24. The fraction of sp³-hybridized carbons (Fsp3) is 0.917. The van der Waals surface area contributed by atoms with Crippen molar-refractivity contribution < 1.29 is 4.79 Å². The highest BCUT2D eigenvalue weighted by molar-refractivity contribution is 9.09. The Morgan fingerprint density at radius 3 is 2.80 bits per heavy atom. The summed E-state index contributed by atoms with van der Waals surface area (Å²) in [4.78, 5) is 11.4. The SMILES string of the molecule is CC1CCC(CNC(=O)CCCCBr)C1. The van der Waals surface area contributed by atoms with E-state index in [-0.39, 0.29) is 5.91 Å². The molecule has 2 unspecified atom stereocenters. The average molecular weight is 276 g/mol. The molecule has 0 saturated heterocycles. The Kier molecular flexibility index (Phi) is 6.30. The van der Waals surface area contributed by atoms with Crippen molar-refractivity contribution in [3.8, 4) is 0 Å². The van der Waals surface area contributed by atoms with Crippen molar-refractivity contribution in [3.63, 3.8) is 0 Å². The molecule has 0 bridgehead atoms. The van der Waals surface area contributed by atoms with Crippen LogP contribution in [-0.2, 0) is 4.79 Å². The molecule has 0 aliphatic heterocycles. The van der Waals surface area contributed by atoms with Gasteiger partial charge in [-0.25, -0.2) is 0 Å². The molecule has 1 fully saturated rings. The number of carbonyl (C=O) groups is 1. The van der Waals surface area contributed by atoms with Gasteiger partial charge in [0.25, 0.3) is 0 Å². The van der Waals surface area contributed by atoms with Crippen molar-refractivity contribution in [2.75, 3.05) is 11.9 Å². The average Bonchev–Trinajstić information content (AvgIpc) is 2.62. The number of rotatable bonds is 6. The largest absolute Gasteiger partial charge is 0.356 e. The molecule has 0 spiro atoms. The summed E-state index contributed by atoms with van der Waals surface area (Å²) >= 11 is 3.37. The minimum atomic E-state index is 0.232. The first-order chi connectivity index (χ1) is 7.22. The molecule has 2 atom stereocenters. The van der Waals surface area contributed by atoms with Gasteiger partial charge in [0.15, 0.2) is 0 Å². The van der Waals surface area contributed by atoms with Crippen LogP contribution >= 0.6 is 15.9 Å². The topological polar surface area (TPSA) is 29.1 Å². The maximum absolute atomic E-state index is 11.4. The van der Waals surface area contributed by atoms with Crippen molar-refractivity contribution >= 4 is 21.8 Å². The number of unbranched alkanes of at least 4 members (excludes halogenated alkanes) is 1. The zero-order chi connectivity index (χ0) is 11.1. The Morgan fingerprint density at radius 1 is 1.40 bits per heavy atom. The third kappa shape index (κ3) is 5.55. The second kappa shape index (κ2) is 7.26. The molecule has 1 amide bonds. The first-order valence-corrected chi connectivity index (χ1v) is 7.17. The van der Waals surface area contributed by atoms with Crippen LogP contribution in [0.5, 0.6) is 0 Å². The van der Waals surface area contributed by atoms with E-state index in [1.54, 1.807) is 0 Å². The molecule has 88 valence electrons. The first kappa shape index (κ1) is 13.0. The number of hydrogen-bond donors (Lipinski definition) is 1. The van der Waals surface area contributed by atoms with E-state index in [1.165, 1.54) is 19.3 Å². The molecule has 0 radical (unpaired) electrons. The van der Waals surface area contributed by atoms with Crippen molar-refractivity contribution in [2.24, 2.45) is 11.8 Å². The molecule has 1 rings (SSSR count). The van der Waals surface area contributed by atoms with Crippen LogP contribution in [0.25, 0.3) is 0 Å². The van der Waals surface area contributed by atoms with Gasteiger partial charge in [0.2, 0.25) is 5.91 Å². The number of halogens is 1. The van der Waals surface area contributed by atoms with Gasteiger partial charge in [-0.15, -0.1) is 0 Å². The third-order valence-corrected chi connectivity index (χ3v) is 3.74. The van der Waals surface area contributed by atoms with Crippen LogP contribution in [0.3, 0.4) is 0 Å². The summed E-state index contributed by atoms with van der Waals surface area (Å²) in [6, 6.07) is 0. The van der Waals surface area contributed by atoms with Crippen LogP contribution in [0, 0.1) is 11.8 Å². The first-order valence-electron chi connectivity index (χ1n) is 6.05. The third-order valence-electron chi connectivity index (χ3n) is 3.18. The molecule has 1 aliphatic carbocycles. The summed E-state index contributed by atoms with van der Waals surface area (Å²) < 4.78 is 0. The summed E-state index contributed by atoms with van der Waals surface area (Å²) in [5.41, 5.74) is 0. The molecule has 0 aromatic carbocycles. The Balaban J connectivity index is 2.01. The van der Waals surface area contributed by atoms with Crippen LogP contribution in [0.4, 0.5) is 0 Å². The molecular formula is C12H22BrNO. The van der Waals surface area contributed by atoms with Crippen LogP contribution in [0.1, 0.15) is 45.4 Å². The van der Waals surface area contributed by atoms with E-state index in [9.17, 15) is 4.79 Å². The van der Waals surface area contributed by atoms with Gasteiger partial charge in [-0.05, 0) is 37.5 Å². The summed E-state index contributed by atoms with van der Waals surface area (Å²) in [5.74, 6) is 1.83. The van der Waals surface area contributed by atoms with E-state index in [0.717, 1.165) is 36.6 Å². The monoisotopic (exact) mass is 275 g/mol. The summed E-state index contributed by atoms with van der Waals surface area (Å²) in [6.07, 6.45) is 6.70. The van der Waals surface area contributed by atoms with E-state index in [0.29, 0.717) is 6.42 Å². The van der Waals surface area contributed by atoms with Crippen molar-refractivity contribution in [1.29, 1.82) is 0 Å². The predicted octanol–water partition coefficient (Wildman–Crippen LogP) is 3.10. The number of hydrogen-bond acceptors (Lipinski definition) is 1. The molecular weight excluding hydrogens is 254 g/mol. The predicted molar refractivity (Wildman–Crippen MR) is 67.2 cm³/mol. The Morgan fingerprint density at radius 2 is 2.20 bits per heavy atom. The lowest BCUT2D eigenvalue weighted by Crippen LogP contribution is -2.28. The van der Waals surface area contributed by atoms with Gasteiger partial charge < -0.3 is 5.32 Å². The molecule has 1 aliphatic rings. The van der Waals surface area contributed by atoms with E-state index in [1.807, 2.05) is 0 Å². The number of amides is 1. The molecule has 0 aromatic heterocycles. The maximum atomic E-state index is 11.4. The minimum absolute atomic E-state index is 0.232. The molecule has 1 saturated carbocycles. The van der Waals surface area contributed by atoms with Gasteiger partial charge in [0.1, 0.15) is 0 Å². The van der Waals surface area contributed by atoms with Crippen LogP contribution < -0.4 is 5.32 Å². The Labute approximate surface area is 101 Å². The van der Waals surface area contributed by atoms with E-state index in [2.05, 4.69) is 28.2 Å². The van der Waals surface area contributed by atoms with Gasteiger partial charge >= 0.3 is 0 Å². The van der Waals surface area contributed by atoms with Crippen molar-refractivity contribution in [2.45, 2.75) is 45.4 Å². The second-order valence-corrected chi connectivity index (χ2v) is 5.53. The zero-order valence-corrected chi connectivity index (χ0v) is 11.2. The summed E-state index contributed by atoms with van der Waals surface area (Å²) in [7, 11) is 0. The van der Waals surface area contributed by atoms with E-state index in [4.69, 9.17) is 0 Å². The lowest BCUT2D eigenvalue weighted by atomic mass is 10.1. The van der Waals surface area contributed by atoms with E-state index < -0.39 is 0 Å². The maximum Gasteiger partial charge on any atom is 0.220 e. The van der Waals surface area contributed by atoms with Crippen LogP contribution in [0.2, 0.25) is 0 Å². The zero-order valence-electron chi connectivity index (χ0n) is 9.60. The van der Waals surface area contributed by atoms with E-state index >= 15 is 0 Å². The summed E-state index contributed by atoms with van der Waals surface area (Å²) in [5, 5.41) is 4.05. The van der Waals surface area contributed by atoms with Gasteiger partial charge in [0, 0.05) is 18.3 Å². The van der Waals surface area contributed by atoms with Crippen LogP contribution in [-0.4, -0.2) is 17.8 Å². The Hall–Kier alpha value is -0.0500. The molecule has 15 heavy (non-hydrogen) atoms. The number of carbonyl (C=O) groups excluding carboxylic acids is 1. The van der Waals surface area contributed by atoms with Crippen molar-refractivity contribution in [3.05, 3.63) is 0 Å². The fourth-order valence-corrected chi connectivity index (χ4v) is 2.63. The van der Waals surface area contributed by atoms with Gasteiger partial charge in [-0.1, -0.05) is 29.3 Å². The van der Waals surface area contributed by atoms with Crippen LogP contribution in [0.15, 0.2) is 0 Å². The molecule has 1 N–H and O–H groups in total. The smallest absolute Gasteiger partial charge is 0.220 e. The summed E-state index contributed by atoms with van der Waals surface area (Å²) in [6.45, 7) is 3.20. The highest BCUT2D eigenvalue weighted by atomic mass is 79.9. The number of nitrogens with one attached hydrogen (secondary N) is 1. The quantitative estimate of drug-likeness (QED) is 0.586. The van der Waals surface area contributed by atoms with Gasteiger partial charge in [0.05, 0.1) is 0 Å². The molecule has 2 nitrogen and oxygen atoms in total. The van der Waals surface area contributed by atoms with Crippen molar-refractivity contribution in [1.82, 2.24) is 5.32 Å². The second-order valence-electron chi connectivity index (χ2n) is 4.73. The Bertz CT molecular complexity index is 196.